The maximum absolute atomic E-state index is 11.8. The van der Waals surface area contributed by atoms with Gasteiger partial charge < -0.3 is 15.7 Å². The minimum Gasteiger partial charge on any atom is -0.481 e. The van der Waals surface area contributed by atoms with Crippen LogP contribution < -0.4 is 5.73 Å². The number of nitrogens with zero attached hydrogens (tertiary/aromatic N) is 1. The topological polar surface area (TPSA) is 66.6 Å². The van der Waals surface area contributed by atoms with Crippen LogP contribution in [0.1, 0.15) is 18.4 Å². The maximum Gasteiger partial charge on any atom is 0.314 e. The average Bonchev–Trinajstić information content (AvgIpc) is 2.34. The normalized spacial score (nSPS) is 19.7. The van der Waals surface area contributed by atoms with E-state index in [4.69, 9.17) is 5.73 Å². The largest absolute Gasteiger partial charge is 0.481 e. The highest BCUT2D eigenvalue weighted by Gasteiger charge is 2.43. The molecule has 1 fully saturated rings. The van der Waals surface area contributed by atoms with Crippen LogP contribution >= 0.6 is 15.9 Å². The van der Waals surface area contributed by atoms with Gasteiger partial charge in [0.25, 0.3) is 0 Å². The molecule has 3 N–H and O–H groups in total. The van der Waals surface area contributed by atoms with Gasteiger partial charge in [-0.1, -0.05) is 12.1 Å². The number of carboxylic acid groups (broad SMARTS) is 1. The summed E-state index contributed by atoms with van der Waals surface area (Å²) in [5, 5.41) is 9.65. The molecule has 18 heavy (non-hydrogen) atoms. The number of halogens is 1. The summed E-state index contributed by atoms with van der Waals surface area (Å²) >= 11 is 3.37. The van der Waals surface area contributed by atoms with Crippen LogP contribution in [0.5, 0.6) is 0 Å². The van der Waals surface area contributed by atoms with Crippen LogP contribution in [-0.2, 0) is 10.2 Å². The quantitative estimate of drug-likeness (QED) is 0.821. The van der Waals surface area contributed by atoms with Gasteiger partial charge in [0.1, 0.15) is 0 Å². The molecule has 0 unspecified atom stereocenters. The molecule has 1 heterocycles. The van der Waals surface area contributed by atoms with Gasteiger partial charge in [0.15, 0.2) is 0 Å². The van der Waals surface area contributed by atoms with Crippen LogP contribution in [0, 0.1) is 0 Å². The molecular weight excluding hydrogens is 296 g/mol. The van der Waals surface area contributed by atoms with Crippen molar-refractivity contribution in [2.24, 2.45) is 0 Å². The van der Waals surface area contributed by atoms with Gasteiger partial charge in [0, 0.05) is 4.47 Å². The molecule has 0 spiro atoms. The summed E-state index contributed by atoms with van der Waals surface area (Å²) in [7, 11) is 2.01. The number of piperidine rings is 1. The highest BCUT2D eigenvalue weighted by atomic mass is 79.9. The summed E-state index contributed by atoms with van der Waals surface area (Å²) in [5.41, 5.74) is 6.48. The molecule has 0 aliphatic carbocycles. The van der Waals surface area contributed by atoms with Gasteiger partial charge in [0.2, 0.25) is 0 Å². The summed E-state index contributed by atoms with van der Waals surface area (Å²) in [6, 6.07) is 5.52. The van der Waals surface area contributed by atoms with Crippen LogP contribution in [0.15, 0.2) is 22.7 Å². The van der Waals surface area contributed by atoms with E-state index in [9.17, 15) is 9.90 Å². The molecule has 1 aromatic carbocycles. The molecule has 1 aliphatic rings. The van der Waals surface area contributed by atoms with Crippen molar-refractivity contribution in [2.75, 3.05) is 25.9 Å². The Morgan fingerprint density at radius 2 is 2.06 bits per heavy atom. The number of likely N-dealkylation sites (tertiary alicyclic amines) is 1. The highest BCUT2D eigenvalue weighted by molar-refractivity contribution is 9.10. The number of carboxylic acids is 1. The Hall–Kier alpha value is -1.07. The predicted molar refractivity (Wildman–Crippen MR) is 74.6 cm³/mol. The fourth-order valence-electron chi connectivity index (χ4n) is 2.55. The predicted octanol–water partition coefficient (Wildman–Crippen LogP) is 2.08. The SMILES string of the molecule is CN1CCC(C(=O)O)(c2cccc(Br)c2N)CC1. The number of para-hydroxylation sites is 1. The van der Waals surface area contributed by atoms with E-state index in [2.05, 4.69) is 20.8 Å². The van der Waals surface area contributed by atoms with E-state index in [0.717, 1.165) is 23.1 Å². The molecule has 0 bridgehead atoms. The molecule has 0 aromatic heterocycles. The van der Waals surface area contributed by atoms with E-state index in [1.54, 1.807) is 0 Å². The summed E-state index contributed by atoms with van der Waals surface area (Å²) in [5.74, 6) is -0.777. The molecule has 2 rings (SSSR count). The van der Waals surface area contributed by atoms with Crippen LogP contribution in [-0.4, -0.2) is 36.1 Å². The summed E-state index contributed by atoms with van der Waals surface area (Å²) in [4.78, 5) is 13.9. The Labute approximate surface area is 115 Å². The fraction of sp³-hybridized carbons (Fsp3) is 0.462. The van der Waals surface area contributed by atoms with Gasteiger partial charge in [-0.2, -0.15) is 0 Å². The Bertz CT molecular complexity index is 468. The Balaban J connectivity index is 2.48. The Kier molecular flexibility index (Phi) is 3.64. The first-order chi connectivity index (χ1) is 8.47. The highest BCUT2D eigenvalue weighted by Crippen LogP contribution is 2.40. The van der Waals surface area contributed by atoms with Crippen LogP contribution in [0.3, 0.4) is 0 Å². The third kappa shape index (κ3) is 2.12. The summed E-state index contributed by atoms with van der Waals surface area (Å²) in [6.45, 7) is 1.55. The lowest BCUT2D eigenvalue weighted by Crippen LogP contribution is -2.46. The standard InChI is InChI=1S/C13H17BrN2O2/c1-16-7-5-13(6-8-16,12(17)18)9-3-2-4-10(14)11(9)15/h2-4H,5-8,15H2,1H3,(H,17,18). The lowest BCUT2D eigenvalue weighted by atomic mass is 9.72. The molecule has 0 saturated carbocycles. The van der Waals surface area contributed by atoms with E-state index >= 15 is 0 Å². The second-order valence-corrected chi connectivity index (χ2v) is 5.75. The first kappa shape index (κ1) is 13.4. The van der Waals surface area contributed by atoms with Crippen LogP contribution in [0.4, 0.5) is 5.69 Å². The van der Waals surface area contributed by atoms with E-state index in [1.807, 2.05) is 25.2 Å². The monoisotopic (exact) mass is 312 g/mol. The fourth-order valence-corrected chi connectivity index (χ4v) is 2.92. The Morgan fingerprint density at radius 1 is 1.44 bits per heavy atom. The summed E-state index contributed by atoms with van der Waals surface area (Å²) < 4.78 is 0.763. The molecule has 1 aliphatic heterocycles. The molecule has 5 heteroatoms. The minimum absolute atomic E-state index is 0.546. The van der Waals surface area contributed by atoms with Gasteiger partial charge in [-0.15, -0.1) is 0 Å². The van der Waals surface area contributed by atoms with Gasteiger partial charge >= 0.3 is 5.97 Å². The van der Waals surface area contributed by atoms with Crippen molar-refractivity contribution in [1.82, 2.24) is 4.90 Å². The zero-order valence-corrected chi connectivity index (χ0v) is 11.9. The second-order valence-electron chi connectivity index (χ2n) is 4.89. The summed E-state index contributed by atoms with van der Waals surface area (Å²) in [6.07, 6.45) is 1.19. The number of nitrogen functional groups attached to an aromatic ring is 1. The number of benzene rings is 1. The first-order valence-corrected chi connectivity index (χ1v) is 6.73. The van der Waals surface area contributed by atoms with Crippen molar-refractivity contribution in [1.29, 1.82) is 0 Å². The minimum atomic E-state index is -0.847. The zero-order chi connectivity index (χ0) is 13.3. The number of anilines is 1. The lowest BCUT2D eigenvalue weighted by molar-refractivity contribution is -0.145. The Morgan fingerprint density at radius 3 is 2.61 bits per heavy atom. The van der Waals surface area contributed by atoms with E-state index in [-0.39, 0.29) is 0 Å². The first-order valence-electron chi connectivity index (χ1n) is 5.94. The number of hydrogen-bond donors (Lipinski definition) is 2. The number of rotatable bonds is 2. The molecule has 98 valence electrons. The van der Waals surface area contributed by atoms with Crippen molar-refractivity contribution < 1.29 is 9.90 Å². The average molecular weight is 313 g/mol. The van der Waals surface area contributed by atoms with Crippen molar-refractivity contribution in [3.8, 4) is 0 Å². The van der Waals surface area contributed by atoms with Crippen molar-refractivity contribution in [3.63, 3.8) is 0 Å². The smallest absolute Gasteiger partial charge is 0.314 e. The lowest BCUT2D eigenvalue weighted by Gasteiger charge is -2.38. The number of nitrogens with two attached hydrogens (primary N) is 1. The molecule has 4 nitrogen and oxygen atoms in total. The molecule has 0 atom stereocenters. The second kappa shape index (κ2) is 4.90. The molecule has 1 saturated heterocycles. The van der Waals surface area contributed by atoms with E-state index in [1.165, 1.54) is 0 Å². The third-order valence-electron chi connectivity index (χ3n) is 3.82. The van der Waals surface area contributed by atoms with Crippen molar-refractivity contribution in [2.45, 2.75) is 18.3 Å². The van der Waals surface area contributed by atoms with Crippen molar-refractivity contribution in [3.05, 3.63) is 28.2 Å². The molecule has 1 aromatic rings. The van der Waals surface area contributed by atoms with Gasteiger partial charge in [0.05, 0.1) is 11.1 Å². The van der Waals surface area contributed by atoms with E-state index in [0.29, 0.717) is 18.5 Å². The maximum atomic E-state index is 11.8. The van der Waals surface area contributed by atoms with Crippen LogP contribution in [0.25, 0.3) is 0 Å². The number of aliphatic carboxylic acids is 1. The third-order valence-corrected chi connectivity index (χ3v) is 4.51. The molecular formula is C13H17BrN2O2. The van der Waals surface area contributed by atoms with Crippen molar-refractivity contribution >= 4 is 27.6 Å². The molecule has 0 amide bonds. The van der Waals surface area contributed by atoms with Gasteiger partial charge in [-0.3, -0.25) is 4.79 Å². The number of carbonyl (C=O) groups is 1. The zero-order valence-electron chi connectivity index (χ0n) is 10.3. The number of hydrogen-bond acceptors (Lipinski definition) is 3. The van der Waals surface area contributed by atoms with E-state index < -0.39 is 11.4 Å². The molecule has 0 radical (unpaired) electrons. The van der Waals surface area contributed by atoms with Gasteiger partial charge in [-0.25, -0.2) is 0 Å². The van der Waals surface area contributed by atoms with Crippen LogP contribution in [0.2, 0.25) is 0 Å². The van der Waals surface area contributed by atoms with Gasteiger partial charge in [-0.05, 0) is 60.5 Å².